The molecule has 1 saturated carbocycles. The van der Waals surface area contributed by atoms with Crippen molar-refractivity contribution in [2.45, 2.75) is 64.1 Å². The Balaban J connectivity index is 1.29. The van der Waals surface area contributed by atoms with Gasteiger partial charge in [-0.05, 0) is 111 Å². The quantitative estimate of drug-likeness (QED) is 0.273. The second-order valence-corrected chi connectivity index (χ2v) is 11.1. The van der Waals surface area contributed by atoms with E-state index in [-0.39, 0.29) is 5.82 Å². The molecule has 0 radical (unpaired) electrons. The number of likely N-dealkylation sites (tertiary alicyclic amines) is 1. The first kappa shape index (κ1) is 27.3. The lowest BCUT2D eigenvalue weighted by Crippen LogP contribution is -2.34. The third-order valence-corrected chi connectivity index (χ3v) is 8.14. The van der Waals surface area contributed by atoms with Crippen LogP contribution in [0.25, 0.3) is 11.8 Å². The van der Waals surface area contributed by atoms with Gasteiger partial charge >= 0.3 is 6.18 Å². The van der Waals surface area contributed by atoms with Crippen LogP contribution in [0.5, 0.6) is 0 Å². The van der Waals surface area contributed by atoms with Crippen molar-refractivity contribution < 1.29 is 13.2 Å². The molecule has 0 spiro atoms. The third-order valence-electron chi connectivity index (χ3n) is 8.14. The van der Waals surface area contributed by atoms with Crippen LogP contribution in [0.4, 0.5) is 36.3 Å². The Morgan fingerprint density at radius 2 is 1.83 bits per heavy atom. The monoisotopic (exact) mass is 560 g/mol. The summed E-state index contributed by atoms with van der Waals surface area (Å²) in [4.78, 5) is 11.5. The van der Waals surface area contributed by atoms with Gasteiger partial charge in [0.05, 0.1) is 5.56 Å². The zero-order valence-electron chi connectivity index (χ0n) is 23.4. The summed E-state index contributed by atoms with van der Waals surface area (Å²) in [6.45, 7) is 6.59. The molecule has 6 nitrogen and oxygen atoms in total. The van der Waals surface area contributed by atoms with E-state index in [2.05, 4.69) is 64.0 Å². The summed E-state index contributed by atoms with van der Waals surface area (Å²) in [6, 6.07) is 11.1. The minimum Gasteiger partial charge on any atom is -0.361 e. The summed E-state index contributed by atoms with van der Waals surface area (Å²) in [5, 5.41) is 9.80. The van der Waals surface area contributed by atoms with Crippen molar-refractivity contribution in [2.24, 2.45) is 0 Å². The normalized spacial score (nSPS) is 18.7. The van der Waals surface area contributed by atoms with Crippen LogP contribution >= 0.6 is 0 Å². The fraction of sp³-hybridized carbons (Fsp3) is 0.375. The lowest BCUT2D eigenvalue weighted by molar-refractivity contribution is -0.137. The first-order chi connectivity index (χ1) is 19.8. The number of benzene rings is 1. The van der Waals surface area contributed by atoms with Gasteiger partial charge in [-0.1, -0.05) is 19.1 Å². The number of aromatic nitrogens is 2. The molecule has 3 N–H and O–H groups in total. The second-order valence-electron chi connectivity index (χ2n) is 11.1. The van der Waals surface area contributed by atoms with Crippen molar-refractivity contribution in [2.75, 3.05) is 23.7 Å². The molecule has 0 atom stereocenters. The summed E-state index contributed by atoms with van der Waals surface area (Å²) >= 11 is 0. The zero-order chi connectivity index (χ0) is 28.6. The predicted molar refractivity (Wildman–Crippen MR) is 158 cm³/mol. The maximum Gasteiger partial charge on any atom is 0.416 e. The number of anilines is 4. The van der Waals surface area contributed by atoms with E-state index >= 15 is 0 Å². The van der Waals surface area contributed by atoms with Crippen molar-refractivity contribution in [3.63, 3.8) is 0 Å². The molecule has 1 aromatic carbocycles. The second kappa shape index (κ2) is 11.2. The molecule has 3 aromatic rings. The van der Waals surface area contributed by atoms with Gasteiger partial charge in [0.15, 0.2) is 0 Å². The van der Waals surface area contributed by atoms with Crippen molar-refractivity contribution >= 4 is 34.9 Å². The molecular formula is C32H35F3N6. The standard InChI is InChI=1S/C32H35F3N6/c1-3-4-27-30-22(9-13-36-27)18-29(39-28-19-23(10-14-37-28)32(33,34)35)40-31(30)38-24-5-8-26(20(2)17-24)21-11-15-41(16-12-21)25-6-7-25/h4-5,8-10,13-14,17-19,21,25,36H,3,6-7,11-12,15-16H2,1-2H3,(H2,37,38,39,40)/b27-4-. The molecule has 9 heteroatoms. The molecule has 214 valence electrons. The third kappa shape index (κ3) is 6.10. The minimum absolute atomic E-state index is 0.0772. The van der Waals surface area contributed by atoms with Crippen LogP contribution in [0.3, 0.4) is 0 Å². The number of fused-ring (bicyclic) bond motifs is 1. The highest BCUT2D eigenvalue weighted by Crippen LogP contribution is 2.38. The Labute approximate surface area is 238 Å². The molecule has 4 heterocycles. The van der Waals surface area contributed by atoms with Crippen LogP contribution < -0.4 is 16.0 Å². The highest BCUT2D eigenvalue weighted by Gasteiger charge is 2.33. The largest absolute Gasteiger partial charge is 0.416 e. The number of piperidine rings is 1. The van der Waals surface area contributed by atoms with Gasteiger partial charge in [-0.15, -0.1) is 0 Å². The number of nitrogens with zero attached hydrogens (tertiary/aromatic N) is 3. The van der Waals surface area contributed by atoms with E-state index in [1.807, 2.05) is 18.3 Å². The molecule has 2 fully saturated rings. The highest BCUT2D eigenvalue weighted by atomic mass is 19.4. The molecule has 1 saturated heterocycles. The number of allylic oxidation sites excluding steroid dienone is 1. The summed E-state index contributed by atoms with van der Waals surface area (Å²) < 4.78 is 39.8. The SMILES string of the molecule is CC/C=C1\NC=Cc2cc(Nc3cc(C(F)(F)F)ccn3)nc(Nc3ccc(C4CCN(C5CC5)CC4)c(C)c3)c21. The molecule has 0 amide bonds. The first-order valence-electron chi connectivity index (χ1n) is 14.4. The fourth-order valence-corrected chi connectivity index (χ4v) is 5.96. The number of hydrogen-bond acceptors (Lipinski definition) is 6. The summed E-state index contributed by atoms with van der Waals surface area (Å²) in [5.41, 5.74) is 5.53. The molecule has 2 aromatic heterocycles. The van der Waals surface area contributed by atoms with Crippen LogP contribution in [-0.2, 0) is 6.18 Å². The van der Waals surface area contributed by atoms with Gasteiger partial charge in [-0.25, -0.2) is 9.97 Å². The maximum absolute atomic E-state index is 13.3. The van der Waals surface area contributed by atoms with Gasteiger partial charge in [0.2, 0.25) is 0 Å². The van der Waals surface area contributed by atoms with E-state index < -0.39 is 11.7 Å². The van der Waals surface area contributed by atoms with Gasteiger partial charge in [0, 0.05) is 35.4 Å². The van der Waals surface area contributed by atoms with Crippen LogP contribution in [0.1, 0.15) is 72.8 Å². The van der Waals surface area contributed by atoms with Gasteiger partial charge in [0.25, 0.3) is 0 Å². The summed E-state index contributed by atoms with van der Waals surface area (Å²) in [5.74, 6) is 1.66. The number of pyridine rings is 2. The van der Waals surface area contributed by atoms with Crippen molar-refractivity contribution in [3.05, 3.63) is 82.7 Å². The lowest BCUT2D eigenvalue weighted by Gasteiger charge is -2.33. The number of rotatable bonds is 7. The topological polar surface area (TPSA) is 65.1 Å². The molecule has 41 heavy (non-hydrogen) atoms. The van der Waals surface area contributed by atoms with Crippen molar-refractivity contribution in [3.8, 4) is 0 Å². The van der Waals surface area contributed by atoms with Crippen molar-refractivity contribution in [1.82, 2.24) is 20.2 Å². The number of hydrogen-bond donors (Lipinski definition) is 3. The Bertz CT molecular complexity index is 1480. The Kier molecular flexibility index (Phi) is 7.46. The van der Waals surface area contributed by atoms with E-state index in [1.165, 1.54) is 49.9 Å². The molecular weight excluding hydrogens is 525 g/mol. The number of aryl methyl sites for hydroxylation is 1. The fourth-order valence-electron chi connectivity index (χ4n) is 5.96. The molecule has 0 bridgehead atoms. The summed E-state index contributed by atoms with van der Waals surface area (Å²) in [7, 11) is 0. The number of halogens is 3. The Morgan fingerprint density at radius 1 is 1.02 bits per heavy atom. The number of nitrogens with one attached hydrogen (secondary N) is 3. The molecule has 3 aliphatic rings. The van der Waals surface area contributed by atoms with Gasteiger partial charge < -0.3 is 20.9 Å². The minimum atomic E-state index is -4.46. The first-order valence-corrected chi connectivity index (χ1v) is 14.4. The summed E-state index contributed by atoms with van der Waals surface area (Å²) in [6.07, 6.45) is 8.51. The Hall–Kier alpha value is -3.85. The highest BCUT2D eigenvalue weighted by molar-refractivity contribution is 5.87. The van der Waals surface area contributed by atoms with E-state index in [0.717, 1.165) is 53.3 Å². The van der Waals surface area contributed by atoms with Crippen LogP contribution in [0.2, 0.25) is 0 Å². The van der Waals surface area contributed by atoms with Gasteiger partial charge in [0.1, 0.15) is 17.5 Å². The van der Waals surface area contributed by atoms with Crippen molar-refractivity contribution in [1.29, 1.82) is 0 Å². The molecule has 0 unspecified atom stereocenters. The average molecular weight is 561 g/mol. The smallest absolute Gasteiger partial charge is 0.361 e. The van der Waals surface area contributed by atoms with Crippen LogP contribution in [0.15, 0.2) is 54.9 Å². The molecule has 2 aliphatic heterocycles. The van der Waals surface area contributed by atoms with Gasteiger partial charge in [-0.2, -0.15) is 13.2 Å². The van der Waals surface area contributed by atoms with Crippen LogP contribution in [0, 0.1) is 6.92 Å². The van der Waals surface area contributed by atoms with E-state index in [1.54, 1.807) is 0 Å². The maximum atomic E-state index is 13.3. The predicted octanol–water partition coefficient (Wildman–Crippen LogP) is 7.96. The zero-order valence-corrected chi connectivity index (χ0v) is 23.4. The lowest BCUT2D eigenvalue weighted by atomic mass is 9.86. The van der Waals surface area contributed by atoms with Gasteiger partial charge in [-0.3, -0.25) is 0 Å². The Morgan fingerprint density at radius 3 is 2.54 bits per heavy atom. The average Bonchev–Trinajstić information content (AvgIpc) is 3.79. The van der Waals surface area contributed by atoms with Crippen LogP contribution in [-0.4, -0.2) is 34.0 Å². The molecule has 6 rings (SSSR count). The molecule has 1 aliphatic carbocycles. The van der Waals surface area contributed by atoms with E-state index in [4.69, 9.17) is 4.98 Å². The van der Waals surface area contributed by atoms with E-state index in [0.29, 0.717) is 17.6 Å². The van der Waals surface area contributed by atoms with E-state index in [9.17, 15) is 13.2 Å². The number of alkyl halides is 3.